The average Bonchev–Trinajstić information content (AvgIpc) is 2.92. The number of carbonyl (C=O) groups is 2. The van der Waals surface area contributed by atoms with E-state index >= 15 is 0 Å². The van der Waals surface area contributed by atoms with Gasteiger partial charge in [0.05, 0.1) is 11.2 Å². The fraction of sp³-hybridized carbons (Fsp3) is 0.533. The second-order valence-corrected chi connectivity index (χ2v) is 6.42. The van der Waals surface area contributed by atoms with Crippen LogP contribution in [-0.2, 0) is 9.59 Å². The number of rotatable bonds is 6. The molecule has 1 aliphatic rings. The van der Waals surface area contributed by atoms with Gasteiger partial charge in [-0.05, 0) is 25.0 Å². The third-order valence-corrected chi connectivity index (χ3v) is 4.90. The third kappa shape index (κ3) is 3.75. The normalized spacial score (nSPS) is 21.5. The Morgan fingerprint density at radius 2 is 2.14 bits per heavy atom. The van der Waals surface area contributed by atoms with Crippen molar-refractivity contribution in [2.24, 2.45) is 5.41 Å². The molecule has 1 atom stereocenters. The largest absolute Gasteiger partial charge is 0.481 e. The van der Waals surface area contributed by atoms with E-state index in [1.165, 1.54) is 11.8 Å². The number of likely N-dealkylation sites (tertiary alicyclic amines) is 1. The van der Waals surface area contributed by atoms with Crippen molar-refractivity contribution in [3.8, 4) is 0 Å². The van der Waals surface area contributed by atoms with E-state index in [0.717, 1.165) is 11.3 Å². The Morgan fingerprint density at radius 3 is 2.76 bits per heavy atom. The number of carbonyl (C=O) groups excluding carboxylic acids is 1. The minimum atomic E-state index is -0.776. The molecule has 1 unspecified atom stereocenters. The number of aliphatic carboxylic acids is 1. The van der Waals surface area contributed by atoms with Gasteiger partial charge >= 0.3 is 5.97 Å². The minimum absolute atomic E-state index is 0.0102. The molecule has 5 nitrogen and oxygen atoms in total. The van der Waals surface area contributed by atoms with Crippen molar-refractivity contribution in [2.45, 2.75) is 31.1 Å². The number of hydrogen-bond donors (Lipinski definition) is 1. The second kappa shape index (κ2) is 6.93. The lowest BCUT2D eigenvalue weighted by Crippen LogP contribution is -2.37. The zero-order chi connectivity index (χ0) is 15.3. The molecule has 114 valence electrons. The van der Waals surface area contributed by atoms with E-state index in [9.17, 15) is 14.7 Å². The lowest BCUT2D eigenvalue weighted by molar-refractivity contribution is -0.148. The van der Waals surface area contributed by atoms with Gasteiger partial charge in [0.1, 0.15) is 0 Å². The van der Waals surface area contributed by atoms with E-state index in [0.29, 0.717) is 31.7 Å². The fourth-order valence-electron chi connectivity index (χ4n) is 2.72. The number of nitrogens with zero attached hydrogens (tertiary/aromatic N) is 2. The molecule has 2 rings (SSSR count). The summed E-state index contributed by atoms with van der Waals surface area (Å²) < 4.78 is 0. The van der Waals surface area contributed by atoms with Gasteiger partial charge in [-0.2, -0.15) is 0 Å². The number of hydrogen-bond acceptors (Lipinski definition) is 4. The maximum Gasteiger partial charge on any atom is 0.311 e. The first-order valence-electron chi connectivity index (χ1n) is 7.11. The van der Waals surface area contributed by atoms with Crippen LogP contribution in [-0.4, -0.2) is 45.7 Å². The zero-order valence-electron chi connectivity index (χ0n) is 12.1. The van der Waals surface area contributed by atoms with Gasteiger partial charge in [0.25, 0.3) is 0 Å². The van der Waals surface area contributed by atoms with E-state index in [-0.39, 0.29) is 5.91 Å². The molecule has 21 heavy (non-hydrogen) atoms. The van der Waals surface area contributed by atoms with Gasteiger partial charge < -0.3 is 10.0 Å². The molecule has 0 aromatic carbocycles. The third-order valence-electron chi connectivity index (χ3n) is 3.90. The molecule has 1 amide bonds. The number of pyridine rings is 1. The summed E-state index contributed by atoms with van der Waals surface area (Å²) in [5, 5.41) is 9.45. The standard InChI is InChI=1S/C15H20N2O3S/c1-2-5-15(14(19)20)6-9-17(11-15)13(18)10-21-12-3-7-16-8-4-12/h3-4,7-8H,2,5-6,9-11H2,1H3,(H,19,20). The number of amides is 1. The first kappa shape index (κ1) is 15.8. The SMILES string of the molecule is CCCC1(C(=O)O)CCN(C(=O)CSc2ccncc2)C1. The predicted molar refractivity (Wildman–Crippen MR) is 81.1 cm³/mol. The summed E-state index contributed by atoms with van der Waals surface area (Å²) in [6.07, 6.45) is 5.39. The molecule has 0 radical (unpaired) electrons. The van der Waals surface area contributed by atoms with Crippen molar-refractivity contribution in [1.29, 1.82) is 0 Å². The Morgan fingerprint density at radius 1 is 1.43 bits per heavy atom. The Hall–Kier alpha value is -1.56. The molecule has 2 heterocycles. The molecule has 1 saturated heterocycles. The van der Waals surface area contributed by atoms with Crippen LogP contribution in [0, 0.1) is 5.41 Å². The van der Waals surface area contributed by atoms with Gasteiger partial charge in [-0.15, -0.1) is 11.8 Å². The fourth-order valence-corrected chi connectivity index (χ4v) is 3.51. The van der Waals surface area contributed by atoms with Crippen LogP contribution in [0.25, 0.3) is 0 Å². The number of carboxylic acid groups (broad SMARTS) is 1. The van der Waals surface area contributed by atoms with E-state index in [2.05, 4.69) is 4.98 Å². The van der Waals surface area contributed by atoms with Crippen LogP contribution in [0.15, 0.2) is 29.4 Å². The summed E-state index contributed by atoms with van der Waals surface area (Å²) in [7, 11) is 0. The highest BCUT2D eigenvalue weighted by molar-refractivity contribution is 8.00. The van der Waals surface area contributed by atoms with Crippen LogP contribution in [0.3, 0.4) is 0 Å². The van der Waals surface area contributed by atoms with Gasteiger partial charge in [-0.25, -0.2) is 0 Å². The van der Waals surface area contributed by atoms with E-state index in [4.69, 9.17) is 0 Å². The molecule has 1 fully saturated rings. The topological polar surface area (TPSA) is 70.5 Å². The van der Waals surface area contributed by atoms with Gasteiger partial charge in [-0.3, -0.25) is 14.6 Å². The first-order chi connectivity index (χ1) is 10.1. The molecular weight excluding hydrogens is 288 g/mol. The highest BCUT2D eigenvalue weighted by Gasteiger charge is 2.45. The van der Waals surface area contributed by atoms with Gasteiger partial charge in [0, 0.05) is 30.4 Å². The van der Waals surface area contributed by atoms with Crippen LogP contribution in [0.5, 0.6) is 0 Å². The molecule has 1 aromatic heterocycles. The molecule has 1 aromatic rings. The van der Waals surface area contributed by atoms with Crippen LogP contribution in [0.4, 0.5) is 0 Å². The second-order valence-electron chi connectivity index (χ2n) is 5.37. The lowest BCUT2D eigenvalue weighted by Gasteiger charge is -2.24. The van der Waals surface area contributed by atoms with Crippen LogP contribution in [0.2, 0.25) is 0 Å². The quantitative estimate of drug-likeness (QED) is 0.816. The number of aromatic nitrogens is 1. The lowest BCUT2D eigenvalue weighted by atomic mass is 9.83. The Labute approximate surface area is 128 Å². The van der Waals surface area contributed by atoms with Crippen molar-refractivity contribution in [1.82, 2.24) is 9.88 Å². The van der Waals surface area contributed by atoms with Crippen molar-refractivity contribution in [3.63, 3.8) is 0 Å². The predicted octanol–water partition coefficient (Wildman–Crippen LogP) is 2.28. The summed E-state index contributed by atoms with van der Waals surface area (Å²) in [4.78, 5) is 30.4. The first-order valence-corrected chi connectivity index (χ1v) is 8.10. The molecule has 0 spiro atoms. The van der Waals surface area contributed by atoms with Crippen LogP contribution < -0.4 is 0 Å². The summed E-state index contributed by atoms with van der Waals surface area (Å²) in [5.41, 5.74) is -0.744. The van der Waals surface area contributed by atoms with E-state index in [1.54, 1.807) is 17.3 Å². The monoisotopic (exact) mass is 308 g/mol. The molecule has 0 saturated carbocycles. The Balaban J connectivity index is 1.91. The van der Waals surface area contributed by atoms with Gasteiger partial charge in [0.15, 0.2) is 0 Å². The van der Waals surface area contributed by atoms with Crippen molar-refractivity contribution >= 4 is 23.6 Å². The molecule has 0 aliphatic carbocycles. The maximum atomic E-state index is 12.2. The van der Waals surface area contributed by atoms with Crippen molar-refractivity contribution < 1.29 is 14.7 Å². The summed E-state index contributed by atoms with van der Waals surface area (Å²) in [5.74, 6) is -0.427. The van der Waals surface area contributed by atoms with E-state index < -0.39 is 11.4 Å². The minimum Gasteiger partial charge on any atom is -0.481 e. The van der Waals surface area contributed by atoms with Crippen LogP contribution in [0.1, 0.15) is 26.2 Å². The average molecular weight is 308 g/mol. The number of carboxylic acids is 1. The van der Waals surface area contributed by atoms with Crippen LogP contribution >= 0.6 is 11.8 Å². The highest BCUT2D eigenvalue weighted by atomic mass is 32.2. The Bertz CT molecular complexity index is 509. The molecule has 1 aliphatic heterocycles. The molecule has 0 bridgehead atoms. The van der Waals surface area contributed by atoms with Gasteiger partial charge in [-0.1, -0.05) is 13.3 Å². The summed E-state index contributed by atoms with van der Waals surface area (Å²) >= 11 is 1.46. The van der Waals surface area contributed by atoms with Gasteiger partial charge in [0.2, 0.25) is 5.91 Å². The summed E-state index contributed by atoms with van der Waals surface area (Å²) in [6.45, 7) is 2.86. The van der Waals surface area contributed by atoms with Crippen molar-refractivity contribution in [2.75, 3.05) is 18.8 Å². The van der Waals surface area contributed by atoms with E-state index in [1.807, 2.05) is 19.1 Å². The molecule has 1 N–H and O–H groups in total. The zero-order valence-corrected chi connectivity index (χ0v) is 12.9. The Kier molecular flexibility index (Phi) is 5.22. The number of thioether (sulfide) groups is 1. The van der Waals surface area contributed by atoms with Crippen molar-refractivity contribution in [3.05, 3.63) is 24.5 Å². The highest BCUT2D eigenvalue weighted by Crippen LogP contribution is 2.36. The maximum absolute atomic E-state index is 12.2. The molecule has 6 heteroatoms. The molecular formula is C15H20N2O3S. The smallest absolute Gasteiger partial charge is 0.311 e. The summed E-state index contributed by atoms with van der Waals surface area (Å²) in [6, 6.07) is 3.72.